The molecule has 0 saturated heterocycles. The number of para-hydroxylation sites is 1. The lowest BCUT2D eigenvalue weighted by Crippen LogP contribution is -2.60. The number of hydrogen-bond acceptors (Lipinski definition) is 7. The van der Waals surface area contributed by atoms with Crippen LogP contribution in [0, 0.1) is 0 Å². The summed E-state index contributed by atoms with van der Waals surface area (Å²) in [5.74, 6) is -2.07. The van der Waals surface area contributed by atoms with E-state index < -0.39 is 93.0 Å². The van der Waals surface area contributed by atoms with Gasteiger partial charge in [0.2, 0.25) is 4.90 Å². The molecule has 0 radical (unpaired) electrons. The zero-order valence-corrected chi connectivity index (χ0v) is 27.5. The van der Waals surface area contributed by atoms with Gasteiger partial charge in [-0.15, -0.1) is 0 Å². The van der Waals surface area contributed by atoms with Crippen LogP contribution in [-0.4, -0.2) is 83.7 Å². The standard InChI is InChI=1S/C29H22F14O8S2/c1-23(44,27(35,36)37)14-50-20-4-2-3-5-21(20)52(18-10-6-16(7-11-18)49-15-24(45,28(38,39)40)29(41,42)43)19-12-8-17(9-13-19)51-22(25(30,31)32)26(33,34)53(46,47)48/h2-13,22,44-45H,14-15H2,1H3/p+1. The predicted molar refractivity (Wildman–Crippen MR) is 153 cm³/mol. The highest BCUT2D eigenvalue weighted by molar-refractivity contribution is 7.97. The Morgan fingerprint density at radius 2 is 1.09 bits per heavy atom. The fourth-order valence-corrected chi connectivity index (χ4v) is 6.46. The van der Waals surface area contributed by atoms with E-state index in [0.29, 0.717) is 19.1 Å². The summed E-state index contributed by atoms with van der Waals surface area (Å²) in [7, 11) is -8.39. The Bertz CT molecular complexity index is 1790. The molecule has 3 aromatic rings. The number of ether oxygens (including phenoxy) is 3. The molecule has 8 nitrogen and oxygen atoms in total. The van der Waals surface area contributed by atoms with E-state index >= 15 is 0 Å². The molecule has 24 heteroatoms. The lowest BCUT2D eigenvalue weighted by atomic mass is 10.0. The van der Waals surface area contributed by atoms with Gasteiger partial charge in [-0.05, 0) is 67.6 Å². The fraction of sp³-hybridized carbons (Fsp3) is 0.379. The monoisotopic (exact) mass is 829 g/mol. The van der Waals surface area contributed by atoms with Crippen LogP contribution in [0.2, 0.25) is 0 Å². The van der Waals surface area contributed by atoms with Crippen molar-refractivity contribution < 1.29 is 98.9 Å². The van der Waals surface area contributed by atoms with E-state index in [9.17, 15) is 80.1 Å². The Balaban J connectivity index is 2.10. The van der Waals surface area contributed by atoms with E-state index in [2.05, 4.69) is 9.47 Å². The molecule has 3 atom stereocenters. The summed E-state index contributed by atoms with van der Waals surface area (Å²) in [6, 6.07) is 11.7. The molecule has 0 aliphatic carbocycles. The van der Waals surface area contributed by atoms with Crippen LogP contribution in [-0.2, 0) is 21.0 Å². The first-order valence-corrected chi connectivity index (χ1v) is 16.5. The third-order valence-corrected chi connectivity index (χ3v) is 10.1. The van der Waals surface area contributed by atoms with Gasteiger partial charge < -0.3 is 24.4 Å². The maximum Gasteiger partial charge on any atom is 0.432 e. The van der Waals surface area contributed by atoms with Gasteiger partial charge in [0.25, 0.3) is 11.7 Å². The van der Waals surface area contributed by atoms with E-state index in [1.165, 1.54) is 18.2 Å². The van der Waals surface area contributed by atoms with Gasteiger partial charge in [-0.1, -0.05) is 12.1 Å². The SMILES string of the molecule is CC(O)(COc1ccccc1[S+](c1ccc(OCC(O)(C(F)(F)F)C(F)(F)F)cc1)c1ccc(OC(C(F)(F)F)C(F)(F)S(=O)(=O)O)cc1)C(F)(F)F. The summed E-state index contributed by atoms with van der Waals surface area (Å²) < 4.78 is 231. The van der Waals surface area contributed by atoms with Crippen molar-refractivity contribution in [1.29, 1.82) is 0 Å². The van der Waals surface area contributed by atoms with Crippen molar-refractivity contribution in [2.75, 3.05) is 13.2 Å². The molecule has 3 rings (SSSR count). The number of hydrogen-bond donors (Lipinski definition) is 3. The van der Waals surface area contributed by atoms with E-state index in [4.69, 9.17) is 9.29 Å². The minimum Gasteiger partial charge on any atom is -0.490 e. The highest BCUT2D eigenvalue weighted by Crippen LogP contribution is 2.44. The van der Waals surface area contributed by atoms with Crippen LogP contribution < -0.4 is 14.2 Å². The highest BCUT2D eigenvalue weighted by atomic mass is 32.2. The third-order valence-electron chi connectivity index (χ3n) is 6.89. The number of rotatable bonds is 13. The first-order valence-electron chi connectivity index (χ1n) is 13.9. The van der Waals surface area contributed by atoms with Crippen molar-refractivity contribution in [2.45, 2.75) is 68.9 Å². The van der Waals surface area contributed by atoms with Crippen molar-refractivity contribution in [3.8, 4) is 17.2 Å². The molecule has 0 fully saturated rings. The second-order valence-corrected chi connectivity index (χ2v) is 14.5. The van der Waals surface area contributed by atoms with Crippen molar-refractivity contribution in [2.24, 2.45) is 0 Å². The van der Waals surface area contributed by atoms with Crippen LogP contribution in [0.25, 0.3) is 0 Å². The topological polar surface area (TPSA) is 123 Å². The molecular weight excluding hydrogens is 806 g/mol. The molecule has 0 saturated carbocycles. The minimum atomic E-state index is -6.67. The third kappa shape index (κ3) is 9.69. The van der Waals surface area contributed by atoms with Crippen molar-refractivity contribution in [3.05, 3.63) is 72.8 Å². The molecule has 3 unspecified atom stereocenters. The number of halogens is 14. The summed E-state index contributed by atoms with van der Waals surface area (Å²) >= 11 is 0. The van der Waals surface area contributed by atoms with Crippen LogP contribution in [0.5, 0.6) is 17.2 Å². The molecule has 0 bridgehead atoms. The van der Waals surface area contributed by atoms with Gasteiger partial charge in [-0.3, -0.25) is 4.55 Å². The molecule has 0 spiro atoms. The second kappa shape index (κ2) is 14.8. The number of benzene rings is 3. The Morgan fingerprint density at radius 1 is 0.642 bits per heavy atom. The molecule has 3 aromatic carbocycles. The fourth-order valence-electron chi connectivity index (χ4n) is 3.86. The minimum absolute atomic E-state index is 0.0117. The number of alkyl halides is 14. The summed E-state index contributed by atoms with van der Waals surface area (Å²) in [6.45, 7) is -3.37. The van der Waals surface area contributed by atoms with Gasteiger partial charge in [0.05, 0.1) is 0 Å². The summed E-state index contributed by atoms with van der Waals surface area (Å²) in [5, 5.41) is 13.3. The van der Waals surface area contributed by atoms with Crippen molar-refractivity contribution >= 4 is 21.0 Å². The summed E-state index contributed by atoms with van der Waals surface area (Å²) in [4.78, 5) is -0.0849. The quantitative estimate of drug-likeness (QED) is 0.0921. The van der Waals surface area contributed by atoms with Gasteiger partial charge in [0.1, 0.15) is 35.6 Å². The maximum atomic E-state index is 14.1. The van der Waals surface area contributed by atoms with Crippen LogP contribution in [0.15, 0.2) is 87.5 Å². The van der Waals surface area contributed by atoms with Crippen LogP contribution in [0.4, 0.5) is 61.5 Å². The maximum absolute atomic E-state index is 14.1. The molecule has 296 valence electrons. The second-order valence-electron chi connectivity index (χ2n) is 11.0. The Hall–Kier alpha value is -3.74. The molecule has 0 heterocycles. The lowest BCUT2D eigenvalue weighted by Gasteiger charge is -2.31. The molecule has 3 N–H and O–H groups in total. The first-order chi connectivity index (χ1) is 23.8. The average molecular weight is 830 g/mol. The first kappa shape index (κ1) is 43.7. The van der Waals surface area contributed by atoms with Gasteiger partial charge in [0.15, 0.2) is 21.1 Å². The van der Waals surface area contributed by atoms with E-state index in [1.807, 2.05) is 0 Å². The molecular formula is C29H23F14O8S2+. The Kier molecular flexibility index (Phi) is 12.2. The highest BCUT2D eigenvalue weighted by Gasteiger charge is 2.71. The van der Waals surface area contributed by atoms with Crippen molar-refractivity contribution in [3.63, 3.8) is 0 Å². The van der Waals surface area contributed by atoms with Crippen LogP contribution in [0.1, 0.15) is 6.92 Å². The van der Waals surface area contributed by atoms with Crippen LogP contribution in [0.3, 0.4) is 0 Å². The van der Waals surface area contributed by atoms with Crippen LogP contribution >= 0.6 is 0 Å². The van der Waals surface area contributed by atoms with Crippen molar-refractivity contribution in [1.82, 2.24) is 0 Å². The Morgan fingerprint density at radius 3 is 1.51 bits per heavy atom. The zero-order valence-electron chi connectivity index (χ0n) is 25.9. The lowest BCUT2D eigenvalue weighted by molar-refractivity contribution is -0.373. The zero-order chi connectivity index (χ0) is 40.6. The molecule has 0 aliphatic rings. The summed E-state index contributed by atoms with van der Waals surface area (Å²) in [6.07, 6.45) is -28.1. The van der Waals surface area contributed by atoms with Gasteiger partial charge in [-0.2, -0.15) is 69.9 Å². The molecule has 53 heavy (non-hydrogen) atoms. The Labute approximate surface area is 292 Å². The predicted octanol–water partition coefficient (Wildman–Crippen LogP) is 7.50. The molecule has 0 aromatic heterocycles. The largest absolute Gasteiger partial charge is 0.490 e. The van der Waals surface area contributed by atoms with Gasteiger partial charge in [-0.25, -0.2) is 0 Å². The van der Waals surface area contributed by atoms with Gasteiger partial charge in [0, 0.05) is 0 Å². The van der Waals surface area contributed by atoms with E-state index in [0.717, 1.165) is 42.5 Å². The van der Waals surface area contributed by atoms with Gasteiger partial charge >= 0.3 is 40.1 Å². The van der Waals surface area contributed by atoms with E-state index in [-0.39, 0.29) is 20.4 Å². The number of aliphatic hydroxyl groups is 2. The molecule has 0 amide bonds. The summed E-state index contributed by atoms with van der Waals surface area (Å²) in [5.41, 5.74) is -8.71. The van der Waals surface area contributed by atoms with E-state index in [1.54, 1.807) is 0 Å². The normalized spacial score (nSPS) is 16.0. The molecule has 0 aliphatic heterocycles. The average Bonchev–Trinajstić information content (AvgIpc) is 3.00. The smallest absolute Gasteiger partial charge is 0.432 e.